The summed E-state index contributed by atoms with van der Waals surface area (Å²) in [7, 11) is -3.55. The fraction of sp³-hybridized carbons (Fsp3) is 0.458. The lowest BCUT2D eigenvalue weighted by Crippen LogP contribution is -2.41. The van der Waals surface area contributed by atoms with Crippen molar-refractivity contribution in [3.05, 3.63) is 57.6 Å². The molecule has 7 heteroatoms. The summed E-state index contributed by atoms with van der Waals surface area (Å²) in [5.74, 6) is -0.283. The first kappa shape index (κ1) is 23.8. The van der Waals surface area contributed by atoms with Crippen molar-refractivity contribution in [1.82, 2.24) is 4.31 Å². The number of halogens is 1. The fourth-order valence-electron chi connectivity index (χ4n) is 4.07. The molecule has 0 aliphatic carbocycles. The number of carbonyl (C=O) groups excluding carboxylic acids is 1. The quantitative estimate of drug-likeness (QED) is 0.647. The summed E-state index contributed by atoms with van der Waals surface area (Å²) >= 11 is 6.35. The Labute approximate surface area is 190 Å². The molecule has 0 radical (unpaired) electrons. The van der Waals surface area contributed by atoms with E-state index in [9.17, 15) is 13.2 Å². The lowest BCUT2D eigenvalue weighted by Gasteiger charge is -2.31. The van der Waals surface area contributed by atoms with E-state index in [0.29, 0.717) is 35.8 Å². The molecule has 31 heavy (non-hydrogen) atoms. The molecule has 0 aromatic heterocycles. The van der Waals surface area contributed by atoms with Gasteiger partial charge in [-0.2, -0.15) is 4.31 Å². The molecule has 1 saturated heterocycles. The van der Waals surface area contributed by atoms with Crippen molar-refractivity contribution < 1.29 is 13.2 Å². The highest BCUT2D eigenvalue weighted by atomic mass is 35.5. The summed E-state index contributed by atoms with van der Waals surface area (Å²) < 4.78 is 27.6. The van der Waals surface area contributed by atoms with Gasteiger partial charge in [0.15, 0.2) is 0 Å². The number of piperidine rings is 1. The van der Waals surface area contributed by atoms with E-state index in [4.69, 9.17) is 11.6 Å². The Balaban J connectivity index is 1.71. The van der Waals surface area contributed by atoms with Crippen molar-refractivity contribution in [1.29, 1.82) is 0 Å². The Bertz CT molecular complexity index is 1070. The highest BCUT2D eigenvalue weighted by molar-refractivity contribution is 7.89. The van der Waals surface area contributed by atoms with Crippen molar-refractivity contribution in [2.24, 2.45) is 5.92 Å². The number of aryl methyl sites for hydroxylation is 3. The Kier molecular flexibility index (Phi) is 7.45. The van der Waals surface area contributed by atoms with E-state index in [1.165, 1.54) is 4.31 Å². The van der Waals surface area contributed by atoms with E-state index in [1.807, 2.05) is 39.0 Å². The molecule has 2 aromatic rings. The van der Waals surface area contributed by atoms with Crippen LogP contribution in [0.2, 0.25) is 5.02 Å². The van der Waals surface area contributed by atoms with E-state index in [2.05, 4.69) is 12.2 Å². The van der Waals surface area contributed by atoms with Gasteiger partial charge in [0.1, 0.15) is 0 Å². The first-order chi connectivity index (χ1) is 14.7. The molecule has 0 spiro atoms. The zero-order valence-electron chi connectivity index (χ0n) is 18.7. The van der Waals surface area contributed by atoms with Crippen molar-refractivity contribution in [3.8, 4) is 0 Å². The third-order valence-corrected chi connectivity index (χ3v) is 8.51. The van der Waals surface area contributed by atoms with Crippen LogP contribution in [0.1, 0.15) is 48.9 Å². The van der Waals surface area contributed by atoms with Gasteiger partial charge in [0, 0.05) is 29.7 Å². The number of hydrogen-bond acceptors (Lipinski definition) is 3. The Morgan fingerprint density at radius 1 is 1.06 bits per heavy atom. The summed E-state index contributed by atoms with van der Waals surface area (Å²) in [4.78, 5) is 13.3. The van der Waals surface area contributed by atoms with Gasteiger partial charge in [-0.15, -0.1) is 0 Å². The zero-order valence-corrected chi connectivity index (χ0v) is 20.2. The molecule has 3 rings (SSSR count). The second-order valence-electron chi connectivity index (χ2n) is 8.18. The van der Waals surface area contributed by atoms with Gasteiger partial charge < -0.3 is 5.32 Å². The molecule has 1 amide bonds. The van der Waals surface area contributed by atoms with Crippen molar-refractivity contribution >= 4 is 33.2 Å². The molecule has 1 heterocycles. The molecule has 1 fully saturated rings. The van der Waals surface area contributed by atoms with E-state index in [0.717, 1.165) is 40.8 Å². The van der Waals surface area contributed by atoms with Crippen molar-refractivity contribution in [2.75, 3.05) is 18.4 Å². The molecule has 168 valence electrons. The number of nitrogens with zero attached hydrogens (tertiary/aromatic N) is 1. The average molecular weight is 463 g/mol. The minimum Gasteiger partial charge on any atom is -0.325 e. The number of anilines is 1. The second kappa shape index (κ2) is 9.72. The van der Waals surface area contributed by atoms with E-state index in [-0.39, 0.29) is 11.8 Å². The average Bonchev–Trinajstić information content (AvgIpc) is 2.76. The summed E-state index contributed by atoms with van der Waals surface area (Å²) in [6, 6.07) is 9.06. The molecule has 0 bridgehead atoms. The van der Waals surface area contributed by atoms with E-state index in [1.54, 1.807) is 12.1 Å². The van der Waals surface area contributed by atoms with Crippen LogP contribution in [-0.4, -0.2) is 31.7 Å². The third-order valence-electron chi connectivity index (χ3n) is 6.27. The van der Waals surface area contributed by atoms with Crippen molar-refractivity contribution in [2.45, 2.75) is 58.3 Å². The van der Waals surface area contributed by atoms with E-state index < -0.39 is 10.0 Å². The maximum atomic E-state index is 13.0. The van der Waals surface area contributed by atoms with E-state index >= 15 is 0 Å². The number of nitrogens with one attached hydrogen (secondary N) is 1. The first-order valence-electron chi connectivity index (χ1n) is 10.9. The van der Waals surface area contributed by atoms with Gasteiger partial charge in [-0.3, -0.25) is 4.79 Å². The summed E-state index contributed by atoms with van der Waals surface area (Å²) in [5.41, 5.74) is 4.84. The zero-order chi connectivity index (χ0) is 22.8. The molecule has 0 unspecified atom stereocenters. The SMILES string of the molecule is CCc1ccc(Cl)c(CC)c1NC(=O)C1CCN(S(=O)(=O)c2ccc(C)c(C)c2)CC1. The van der Waals surface area contributed by atoms with Crippen LogP contribution in [0.4, 0.5) is 5.69 Å². The highest BCUT2D eigenvalue weighted by Gasteiger charge is 2.32. The maximum absolute atomic E-state index is 13.0. The Hall–Kier alpha value is -1.89. The molecule has 1 aliphatic rings. The van der Waals surface area contributed by atoms with Gasteiger partial charge >= 0.3 is 0 Å². The standard InChI is InChI=1S/C24H31ClN2O3S/c1-5-18-8-10-22(25)21(6-2)23(18)26-24(28)19-11-13-27(14-12-19)31(29,30)20-9-7-16(3)17(4)15-20/h7-10,15,19H,5-6,11-14H2,1-4H3,(H,26,28). The number of carbonyl (C=O) groups is 1. The van der Waals surface area contributed by atoms with Crippen molar-refractivity contribution in [3.63, 3.8) is 0 Å². The summed E-state index contributed by atoms with van der Waals surface area (Å²) in [5, 5.41) is 3.76. The molecule has 1 aliphatic heterocycles. The third kappa shape index (κ3) is 4.97. The van der Waals surface area contributed by atoms with Gasteiger partial charge in [-0.25, -0.2) is 8.42 Å². The van der Waals surface area contributed by atoms with Crippen LogP contribution in [0.3, 0.4) is 0 Å². The molecule has 0 atom stereocenters. The number of sulfonamides is 1. The first-order valence-corrected chi connectivity index (χ1v) is 12.7. The molecular weight excluding hydrogens is 432 g/mol. The number of benzene rings is 2. The number of rotatable bonds is 6. The predicted octanol–water partition coefficient (Wildman–Crippen LogP) is 5.12. The predicted molar refractivity (Wildman–Crippen MR) is 126 cm³/mol. The van der Waals surface area contributed by atoms with Gasteiger partial charge in [0.2, 0.25) is 15.9 Å². The Morgan fingerprint density at radius 2 is 1.74 bits per heavy atom. The van der Waals surface area contributed by atoms with Gasteiger partial charge in [-0.1, -0.05) is 37.6 Å². The van der Waals surface area contributed by atoms with Gasteiger partial charge in [0.25, 0.3) is 0 Å². The number of amides is 1. The highest BCUT2D eigenvalue weighted by Crippen LogP contribution is 2.31. The summed E-state index contributed by atoms with van der Waals surface area (Å²) in [6.45, 7) is 8.62. The topological polar surface area (TPSA) is 66.5 Å². The van der Waals surface area contributed by atoms with Gasteiger partial charge in [-0.05, 0) is 80.0 Å². The minimum atomic E-state index is -3.55. The summed E-state index contributed by atoms with van der Waals surface area (Å²) in [6.07, 6.45) is 2.53. The normalized spacial score (nSPS) is 15.8. The van der Waals surface area contributed by atoms with Crippen LogP contribution in [0.25, 0.3) is 0 Å². The molecule has 5 nitrogen and oxygen atoms in total. The molecule has 1 N–H and O–H groups in total. The molecule has 2 aromatic carbocycles. The Morgan fingerprint density at radius 3 is 2.32 bits per heavy atom. The van der Waals surface area contributed by atoms with Crippen LogP contribution in [-0.2, 0) is 27.7 Å². The van der Waals surface area contributed by atoms with Crippen LogP contribution >= 0.6 is 11.6 Å². The molecular formula is C24H31ClN2O3S. The lowest BCUT2D eigenvalue weighted by atomic mass is 9.96. The smallest absolute Gasteiger partial charge is 0.243 e. The second-order valence-corrected chi connectivity index (χ2v) is 10.5. The maximum Gasteiger partial charge on any atom is 0.243 e. The van der Waals surface area contributed by atoms with Crippen LogP contribution in [0.15, 0.2) is 35.2 Å². The fourth-order valence-corrected chi connectivity index (χ4v) is 5.92. The lowest BCUT2D eigenvalue weighted by molar-refractivity contribution is -0.120. The van der Waals surface area contributed by atoms with Crippen LogP contribution < -0.4 is 5.32 Å². The minimum absolute atomic E-state index is 0.0603. The van der Waals surface area contributed by atoms with Gasteiger partial charge in [0.05, 0.1) is 4.90 Å². The van der Waals surface area contributed by atoms with Crippen LogP contribution in [0, 0.1) is 19.8 Å². The number of hydrogen-bond donors (Lipinski definition) is 1. The largest absolute Gasteiger partial charge is 0.325 e. The van der Waals surface area contributed by atoms with Crippen LogP contribution in [0.5, 0.6) is 0 Å². The monoisotopic (exact) mass is 462 g/mol. The molecule has 0 saturated carbocycles.